The number of ketones is 1. The molecule has 0 aliphatic carbocycles. The van der Waals surface area contributed by atoms with Gasteiger partial charge in [-0.1, -0.05) is 307 Å². The number of hydrogen-bond acceptors (Lipinski definition) is 16. The number of aldehydes is 2. The van der Waals surface area contributed by atoms with Crippen LogP contribution in [0, 0.1) is 25.2 Å². The maximum absolute atomic E-state index is 12.5. The van der Waals surface area contributed by atoms with Gasteiger partial charge in [-0.3, -0.25) is 14.4 Å². The third-order valence-corrected chi connectivity index (χ3v) is 19.1. The molecule has 2 aromatic heterocycles. The molecule has 0 bridgehead atoms. The van der Waals surface area contributed by atoms with E-state index in [0.717, 1.165) is 118 Å². The minimum absolute atomic E-state index is 0.00500. The normalized spacial score (nSPS) is 10.2. The molecule has 0 spiro atoms. The molecular weight excluding hydrogens is 1610 g/mol. The molecule has 17 aromatic rings. The fourth-order valence-corrected chi connectivity index (χ4v) is 12.8. The Morgan fingerprint density at radius 2 is 0.661 bits per heavy atom. The number of benzene rings is 15. The van der Waals surface area contributed by atoms with Crippen molar-refractivity contribution in [1.29, 1.82) is 5.26 Å². The van der Waals surface area contributed by atoms with Crippen LogP contribution >= 0.6 is 15.9 Å². The Hall–Kier alpha value is -15.6. The van der Waals surface area contributed by atoms with Crippen LogP contribution in [0.15, 0.2) is 408 Å². The second-order valence-corrected chi connectivity index (χ2v) is 28.8. The lowest BCUT2D eigenvalue weighted by atomic mass is 10.0. The van der Waals surface area contributed by atoms with E-state index in [1.54, 1.807) is 63.4 Å². The molecule has 0 fully saturated rings. The first-order chi connectivity index (χ1) is 60.8. The van der Waals surface area contributed by atoms with Gasteiger partial charge in [0.05, 0.1) is 25.2 Å². The van der Waals surface area contributed by atoms with Gasteiger partial charge >= 0.3 is 0 Å². The Morgan fingerprint density at radius 1 is 0.331 bits per heavy atom. The van der Waals surface area contributed by atoms with Crippen molar-refractivity contribution in [3.63, 3.8) is 0 Å². The van der Waals surface area contributed by atoms with E-state index in [1.807, 2.05) is 297 Å². The van der Waals surface area contributed by atoms with Gasteiger partial charge in [-0.05, 0) is 181 Å². The molecule has 614 valence electrons. The van der Waals surface area contributed by atoms with Crippen LogP contribution in [0.25, 0.3) is 44.5 Å². The molecule has 17 rings (SSSR count). The van der Waals surface area contributed by atoms with E-state index in [2.05, 4.69) is 97.0 Å². The summed E-state index contributed by atoms with van der Waals surface area (Å²) in [6.07, 6.45) is 2.28. The van der Waals surface area contributed by atoms with Crippen molar-refractivity contribution < 1.29 is 51.6 Å². The molecule has 2 heterocycles. The van der Waals surface area contributed by atoms with Gasteiger partial charge in [0.2, 0.25) is 23.5 Å². The van der Waals surface area contributed by atoms with Crippen LogP contribution in [-0.2, 0) is 39.5 Å². The molecule has 0 N–H and O–H groups in total. The van der Waals surface area contributed by atoms with Crippen LogP contribution in [0.3, 0.4) is 0 Å². The summed E-state index contributed by atoms with van der Waals surface area (Å²) < 4.78 is 45.8. The number of rotatable bonds is 26. The van der Waals surface area contributed by atoms with Gasteiger partial charge in [0.25, 0.3) is 5.89 Å². The van der Waals surface area contributed by atoms with Crippen molar-refractivity contribution in [3.05, 3.63) is 478 Å². The molecular formula is C107H88BrN5O11. The number of aromatic nitrogens is 4. The van der Waals surface area contributed by atoms with E-state index >= 15 is 0 Å². The highest BCUT2D eigenvalue weighted by Gasteiger charge is 2.17. The third-order valence-electron chi connectivity index (χ3n) is 18.6. The first-order valence-electron chi connectivity index (χ1n) is 39.8. The Labute approximate surface area is 730 Å². The summed E-state index contributed by atoms with van der Waals surface area (Å²) in [4.78, 5) is 33.7. The van der Waals surface area contributed by atoms with Crippen molar-refractivity contribution in [2.45, 2.75) is 53.3 Å². The van der Waals surface area contributed by atoms with Crippen molar-refractivity contribution in [3.8, 4) is 85.1 Å². The Balaban J connectivity index is 0.000000139. The topological polar surface area (TPSA) is 208 Å². The third kappa shape index (κ3) is 28.5. The van der Waals surface area contributed by atoms with E-state index in [-0.39, 0.29) is 11.7 Å². The number of hydrogen-bond donors (Lipinski definition) is 0. The predicted octanol–water partition coefficient (Wildman–Crippen LogP) is 25.2. The molecule has 0 atom stereocenters. The number of nitrogens with zero attached hydrogens (tertiary/aromatic N) is 5. The molecule has 0 unspecified atom stereocenters. The summed E-state index contributed by atoms with van der Waals surface area (Å²) >= 11 is 3.41. The van der Waals surface area contributed by atoms with E-state index in [9.17, 15) is 14.4 Å². The number of carbonyl (C=O) groups excluding carboxylic acids is 3. The summed E-state index contributed by atoms with van der Waals surface area (Å²) in [6, 6.07) is 130. The first-order valence-corrected chi connectivity index (χ1v) is 40.6. The Kier molecular flexibility index (Phi) is 33.4. The highest BCUT2D eigenvalue weighted by molar-refractivity contribution is 9.10. The van der Waals surface area contributed by atoms with E-state index in [0.29, 0.717) is 85.1 Å². The summed E-state index contributed by atoms with van der Waals surface area (Å²) in [5.74, 6) is 6.14. The smallest absolute Gasteiger partial charge is 0.289 e. The maximum atomic E-state index is 12.5. The Bertz CT molecular complexity index is 6240. The minimum Gasteiger partial charge on any atom is -0.497 e. The van der Waals surface area contributed by atoms with Gasteiger partial charge < -0.3 is 37.3 Å². The molecule has 0 aliphatic rings. The second-order valence-electron chi connectivity index (χ2n) is 27.9. The number of methoxy groups -OCH3 is 1. The zero-order valence-electron chi connectivity index (χ0n) is 68.5. The van der Waals surface area contributed by atoms with Gasteiger partial charge in [0.1, 0.15) is 80.1 Å². The lowest BCUT2D eigenvalue weighted by Crippen LogP contribution is -2.02. The number of halogens is 1. The van der Waals surface area contributed by atoms with Crippen LogP contribution < -0.4 is 28.4 Å². The van der Waals surface area contributed by atoms with Gasteiger partial charge in [0, 0.05) is 35.0 Å². The fourth-order valence-electron chi connectivity index (χ4n) is 12.4. The maximum Gasteiger partial charge on any atom is 0.289 e. The van der Waals surface area contributed by atoms with E-state index in [4.69, 9.17) is 42.5 Å². The lowest BCUT2D eigenvalue weighted by molar-refractivity contribution is 0.100. The molecule has 0 radical (unpaired) electrons. The highest BCUT2D eigenvalue weighted by Crippen LogP contribution is 2.31. The number of nitriles is 1. The van der Waals surface area contributed by atoms with E-state index < -0.39 is 0 Å². The van der Waals surface area contributed by atoms with Crippen molar-refractivity contribution in [2.75, 3.05) is 7.11 Å². The molecule has 0 amide bonds. The zero-order chi connectivity index (χ0) is 86.1. The average molecular weight is 1700 g/mol. The largest absolute Gasteiger partial charge is 0.497 e. The van der Waals surface area contributed by atoms with Crippen LogP contribution in [0.5, 0.6) is 34.5 Å². The first kappa shape index (κ1) is 87.7. The highest BCUT2D eigenvalue weighted by atomic mass is 79.9. The fraction of sp³-hybridized carbons (Fsp3) is 0.0841. The molecule has 0 saturated carbocycles. The Morgan fingerprint density at radius 3 is 1.06 bits per heavy atom. The van der Waals surface area contributed by atoms with Crippen molar-refractivity contribution >= 4 is 34.3 Å². The van der Waals surface area contributed by atoms with E-state index in [1.165, 1.54) is 5.56 Å². The predicted molar refractivity (Wildman–Crippen MR) is 488 cm³/mol. The molecule has 0 saturated heterocycles. The average Bonchev–Trinajstić information content (AvgIpc) is 1.12. The number of aryl methyl sites for hydroxylation is 2. The second kappa shape index (κ2) is 47.2. The zero-order valence-corrected chi connectivity index (χ0v) is 70.1. The molecule has 17 heteroatoms. The van der Waals surface area contributed by atoms with Gasteiger partial charge in [-0.2, -0.15) is 5.26 Å². The minimum atomic E-state index is -0.293. The SMILES string of the molecule is Brc1cccc(OCc2ccccc2)c1.COc1cccc(C=O)c1.Cc1nnc(C(=O)c2cccc(-c3cccc(OCc4ccccc4)c3)c2)o1.Cc1nnc(Cc2cccc(-c3cccc(OCc4ccccc4)c3)c2)o1.N#Cc1cccc(-c2cccc(OCc3ccccc3)c2)c1.O=Cc1cccc(-c2cccc(OCc3ccccc3)c2)c1. The molecule has 16 nitrogen and oxygen atoms in total. The summed E-state index contributed by atoms with van der Waals surface area (Å²) in [7, 11) is 1.57. The van der Waals surface area contributed by atoms with Gasteiger partial charge in [-0.15, -0.1) is 20.4 Å². The molecule has 124 heavy (non-hydrogen) atoms. The summed E-state index contributed by atoms with van der Waals surface area (Å²) in [5.41, 5.74) is 17.5. The monoisotopic (exact) mass is 1700 g/mol. The van der Waals surface area contributed by atoms with Crippen LogP contribution in [-0.4, -0.2) is 45.9 Å². The van der Waals surface area contributed by atoms with Gasteiger partial charge in [0.15, 0.2) is 0 Å². The van der Waals surface area contributed by atoms with Crippen molar-refractivity contribution in [1.82, 2.24) is 20.4 Å². The van der Waals surface area contributed by atoms with Crippen LogP contribution in [0.1, 0.15) is 93.6 Å². The van der Waals surface area contributed by atoms with Crippen LogP contribution in [0.2, 0.25) is 0 Å². The van der Waals surface area contributed by atoms with Gasteiger partial charge in [-0.25, -0.2) is 0 Å². The standard InChI is InChI=1S/C23H18N2O3.C23H20N2O2.C20H15NO.C20H16O2.C13H11BrO.C8H8O2/c1-16-24-25-23(28-16)22(26)20-11-5-9-18(13-20)19-10-6-12-21(14-19)27-15-17-7-3-2-4-8-17;1-17-24-25-23(27-17)14-19-9-5-10-20(13-19)21-11-6-12-22(15-21)26-16-18-7-3-2-4-8-18;2*21-14-17-8-4-9-18(12-17)19-10-5-11-20(13-19)22-15-16-6-2-1-3-7-16;14-12-7-4-8-13(9-12)15-10-11-5-2-1-3-6-11;1-10-8-4-2-3-7(5-8)6-9/h2-14H,15H2,1H3;2-13,15H,14,16H2,1H3;1-13H,15H2;1-14H,15H2;1-9H,10H2;2-6H,1H3. The number of carbonyl (C=O) groups is 3. The number of ether oxygens (including phenoxy) is 6. The van der Waals surface area contributed by atoms with Crippen molar-refractivity contribution in [2.24, 2.45) is 0 Å². The summed E-state index contributed by atoms with van der Waals surface area (Å²) in [6.45, 7) is 6.20. The van der Waals surface area contributed by atoms with Crippen LogP contribution in [0.4, 0.5) is 0 Å². The molecule has 0 aliphatic heterocycles. The summed E-state index contributed by atoms with van der Waals surface area (Å²) in [5, 5.41) is 24.5. The quantitative estimate of drug-likeness (QED) is 0.0365. The lowest BCUT2D eigenvalue weighted by Gasteiger charge is -2.09. The molecule has 15 aromatic carbocycles.